The second-order valence-electron chi connectivity index (χ2n) is 7.53. The summed E-state index contributed by atoms with van der Waals surface area (Å²) in [5, 5.41) is 5.69. The molecule has 1 aromatic heterocycles. The summed E-state index contributed by atoms with van der Waals surface area (Å²) in [7, 11) is 0. The molecule has 4 rings (SSSR count). The maximum Gasteiger partial charge on any atom is 0.317 e. The molecule has 3 amide bonds. The molecule has 0 radical (unpaired) electrons. The number of nitrogens with zero attached hydrogens (tertiary/aromatic N) is 4. The lowest BCUT2D eigenvalue weighted by atomic mass is 9.94. The van der Waals surface area contributed by atoms with Gasteiger partial charge in [0.05, 0.1) is 6.54 Å². The fourth-order valence-electron chi connectivity index (χ4n) is 4.27. The van der Waals surface area contributed by atoms with Gasteiger partial charge in [0.15, 0.2) is 0 Å². The number of piperazine rings is 1. The number of rotatable bonds is 5. The average Bonchev–Trinajstić information content (AvgIpc) is 3.34. The van der Waals surface area contributed by atoms with E-state index in [1.807, 2.05) is 0 Å². The Morgan fingerprint density at radius 1 is 1.04 bits per heavy atom. The van der Waals surface area contributed by atoms with Crippen LogP contribution in [0.15, 0.2) is 30.6 Å². The third-order valence-corrected chi connectivity index (χ3v) is 5.78. The quantitative estimate of drug-likeness (QED) is 0.742. The molecule has 1 saturated carbocycles. The smallest absolute Gasteiger partial charge is 0.317 e. The predicted octanol–water partition coefficient (Wildman–Crippen LogP) is 0.637. The molecule has 2 aliphatic carbocycles. The first kappa shape index (κ1) is 17.8. The second kappa shape index (κ2) is 7.94. The molecule has 1 aromatic rings. The summed E-state index contributed by atoms with van der Waals surface area (Å²) in [5.41, 5.74) is 0. The Morgan fingerprint density at radius 2 is 1.81 bits per heavy atom. The van der Waals surface area contributed by atoms with Gasteiger partial charge in [0.2, 0.25) is 11.9 Å². The highest BCUT2D eigenvalue weighted by molar-refractivity contribution is 5.84. The van der Waals surface area contributed by atoms with Crippen LogP contribution in [0, 0.1) is 17.8 Å². The van der Waals surface area contributed by atoms with Gasteiger partial charge >= 0.3 is 6.03 Å². The highest BCUT2D eigenvalue weighted by atomic mass is 16.2. The number of carbonyl (C=O) groups excluding carboxylic acids is 2. The maximum absolute atomic E-state index is 12.3. The van der Waals surface area contributed by atoms with E-state index in [2.05, 4.69) is 37.7 Å². The largest absolute Gasteiger partial charge is 0.354 e. The first-order chi connectivity index (χ1) is 13.2. The van der Waals surface area contributed by atoms with Crippen LogP contribution in [0.5, 0.6) is 0 Å². The third-order valence-electron chi connectivity index (χ3n) is 5.78. The molecule has 3 atom stereocenters. The van der Waals surface area contributed by atoms with Gasteiger partial charge in [0.1, 0.15) is 0 Å². The van der Waals surface area contributed by atoms with Gasteiger partial charge < -0.3 is 20.4 Å². The molecule has 2 fully saturated rings. The third kappa shape index (κ3) is 4.20. The van der Waals surface area contributed by atoms with Crippen molar-refractivity contribution in [2.75, 3.05) is 44.2 Å². The van der Waals surface area contributed by atoms with Gasteiger partial charge in [-0.1, -0.05) is 12.2 Å². The summed E-state index contributed by atoms with van der Waals surface area (Å²) in [6.45, 7) is 3.27. The van der Waals surface area contributed by atoms with E-state index in [9.17, 15) is 9.59 Å². The van der Waals surface area contributed by atoms with E-state index in [1.54, 1.807) is 23.4 Å². The summed E-state index contributed by atoms with van der Waals surface area (Å²) in [6.07, 6.45) is 10.4. The van der Waals surface area contributed by atoms with E-state index in [0.717, 1.165) is 0 Å². The maximum atomic E-state index is 12.3. The number of nitrogens with one attached hydrogen (secondary N) is 2. The zero-order chi connectivity index (χ0) is 18.6. The summed E-state index contributed by atoms with van der Waals surface area (Å²) < 4.78 is 0. The number of aromatic nitrogens is 2. The van der Waals surface area contributed by atoms with Crippen LogP contribution in [0.3, 0.4) is 0 Å². The molecular weight excluding hydrogens is 344 g/mol. The number of urea groups is 1. The van der Waals surface area contributed by atoms with E-state index < -0.39 is 0 Å². The van der Waals surface area contributed by atoms with E-state index in [4.69, 9.17) is 0 Å². The summed E-state index contributed by atoms with van der Waals surface area (Å²) in [5.74, 6) is 2.44. The molecule has 2 N–H and O–H groups in total. The Hall–Kier alpha value is -2.64. The molecule has 144 valence electrons. The van der Waals surface area contributed by atoms with Crippen molar-refractivity contribution in [1.29, 1.82) is 0 Å². The van der Waals surface area contributed by atoms with Crippen molar-refractivity contribution < 1.29 is 9.59 Å². The van der Waals surface area contributed by atoms with Crippen LogP contribution < -0.4 is 15.5 Å². The van der Waals surface area contributed by atoms with Crippen molar-refractivity contribution in [3.63, 3.8) is 0 Å². The second-order valence-corrected chi connectivity index (χ2v) is 7.53. The van der Waals surface area contributed by atoms with Gasteiger partial charge in [-0.15, -0.1) is 0 Å². The van der Waals surface area contributed by atoms with E-state index in [-0.39, 0.29) is 18.5 Å². The van der Waals surface area contributed by atoms with Gasteiger partial charge in [0.25, 0.3) is 0 Å². The Morgan fingerprint density at radius 3 is 2.48 bits per heavy atom. The van der Waals surface area contributed by atoms with Crippen LogP contribution >= 0.6 is 0 Å². The first-order valence-electron chi connectivity index (χ1n) is 9.69. The standard InChI is InChI=1S/C19H26N6O2/c26-17(22-12-16-11-14-2-3-15(16)10-14)13-23-19(27)25-8-6-24(7-9-25)18-20-4-1-5-21-18/h1-5,14-16H,6-13H2,(H,22,26)(H,23,27)/t14-,15+,16-/m1/s1. The fraction of sp³-hybridized carbons (Fsp3) is 0.579. The lowest BCUT2D eigenvalue weighted by Crippen LogP contribution is -2.53. The molecule has 27 heavy (non-hydrogen) atoms. The van der Waals surface area contributed by atoms with Gasteiger partial charge in [0, 0.05) is 45.1 Å². The van der Waals surface area contributed by atoms with Gasteiger partial charge in [-0.05, 0) is 36.7 Å². The van der Waals surface area contributed by atoms with E-state index in [0.29, 0.717) is 56.4 Å². The predicted molar refractivity (Wildman–Crippen MR) is 101 cm³/mol. The first-order valence-corrected chi connectivity index (χ1v) is 9.69. The Bertz CT molecular complexity index is 701. The Labute approximate surface area is 159 Å². The minimum atomic E-state index is -0.193. The number of fused-ring (bicyclic) bond motifs is 2. The number of hydrogen-bond acceptors (Lipinski definition) is 5. The van der Waals surface area contributed by atoms with E-state index in [1.165, 1.54) is 12.8 Å². The van der Waals surface area contributed by atoms with Crippen LogP contribution in [0.4, 0.5) is 10.7 Å². The highest BCUT2D eigenvalue weighted by Crippen LogP contribution is 2.42. The minimum Gasteiger partial charge on any atom is -0.354 e. The van der Waals surface area contributed by atoms with Crippen molar-refractivity contribution in [3.8, 4) is 0 Å². The molecule has 0 aromatic carbocycles. The van der Waals surface area contributed by atoms with Crippen LogP contribution in [0.2, 0.25) is 0 Å². The Kier molecular flexibility index (Phi) is 5.22. The molecule has 0 unspecified atom stereocenters. The molecule has 3 aliphatic rings. The lowest BCUT2D eigenvalue weighted by molar-refractivity contribution is -0.120. The number of hydrogen-bond donors (Lipinski definition) is 2. The zero-order valence-corrected chi connectivity index (χ0v) is 15.4. The fourth-order valence-corrected chi connectivity index (χ4v) is 4.27. The minimum absolute atomic E-state index is 0.0253. The molecule has 8 nitrogen and oxygen atoms in total. The van der Waals surface area contributed by atoms with Crippen molar-refractivity contribution in [3.05, 3.63) is 30.6 Å². The van der Waals surface area contributed by atoms with Crippen LogP contribution in [-0.4, -0.2) is 66.1 Å². The molecular formula is C19H26N6O2. The number of carbonyl (C=O) groups is 2. The molecule has 0 spiro atoms. The normalized spacial score (nSPS) is 26.3. The van der Waals surface area contributed by atoms with Crippen LogP contribution in [-0.2, 0) is 4.79 Å². The molecule has 8 heteroatoms. The SMILES string of the molecule is O=C(CNC(=O)N1CCN(c2ncccn2)CC1)NC[C@H]1C[C@@H]2C=C[C@H]1C2. The number of anilines is 1. The van der Waals surface area contributed by atoms with Crippen molar-refractivity contribution in [2.45, 2.75) is 12.8 Å². The van der Waals surface area contributed by atoms with Crippen molar-refractivity contribution in [1.82, 2.24) is 25.5 Å². The van der Waals surface area contributed by atoms with Crippen LogP contribution in [0.25, 0.3) is 0 Å². The highest BCUT2D eigenvalue weighted by Gasteiger charge is 2.35. The monoisotopic (exact) mass is 370 g/mol. The summed E-state index contributed by atoms with van der Waals surface area (Å²) in [6, 6.07) is 1.59. The zero-order valence-electron chi connectivity index (χ0n) is 15.4. The van der Waals surface area contributed by atoms with Crippen molar-refractivity contribution >= 4 is 17.9 Å². The number of allylic oxidation sites excluding steroid dienone is 2. The molecule has 2 heterocycles. The molecule has 1 saturated heterocycles. The summed E-state index contributed by atoms with van der Waals surface area (Å²) >= 11 is 0. The van der Waals surface area contributed by atoms with Gasteiger partial charge in [-0.25, -0.2) is 14.8 Å². The number of amides is 3. The molecule has 2 bridgehead atoms. The Balaban J connectivity index is 1.14. The van der Waals surface area contributed by atoms with Crippen molar-refractivity contribution in [2.24, 2.45) is 17.8 Å². The van der Waals surface area contributed by atoms with Crippen LogP contribution in [0.1, 0.15) is 12.8 Å². The lowest BCUT2D eigenvalue weighted by Gasteiger charge is -2.34. The van der Waals surface area contributed by atoms with Gasteiger partial charge in [-0.2, -0.15) is 0 Å². The topological polar surface area (TPSA) is 90.5 Å². The van der Waals surface area contributed by atoms with Gasteiger partial charge in [-0.3, -0.25) is 4.79 Å². The van der Waals surface area contributed by atoms with E-state index >= 15 is 0 Å². The summed E-state index contributed by atoms with van der Waals surface area (Å²) in [4.78, 5) is 36.6. The average molecular weight is 370 g/mol. The molecule has 1 aliphatic heterocycles.